The van der Waals surface area contributed by atoms with Gasteiger partial charge in [0.05, 0.1) is 5.69 Å². The highest BCUT2D eigenvalue weighted by molar-refractivity contribution is 5.68. The van der Waals surface area contributed by atoms with Gasteiger partial charge in [-0.2, -0.15) is 0 Å². The first kappa shape index (κ1) is 13.6. The van der Waals surface area contributed by atoms with Crippen LogP contribution in [0.5, 0.6) is 5.75 Å². The number of ether oxygens (including phenoxy) is 1. The Kier molecular flexibility index (Phi) is 3.10. The SMILES string of the molecule is CC1(C)CCc2nnc(-c3ccc4c(c3)OCCN4)n2CC1. The zero-order chi connectivity index (χ0) is 15.2. The van der Waals surface area contributed by atoms with Gasteiger partial charge in [-0.05, 0) is 36.5 Å². The van der Waals surface area contributed by atoms with E-state index in [1.54, 1.807) is 0 Å². The zero-order valence-corrected chi connectivity index (χ0v) is 13.2. The normalized spacial score (nSPS) is 19.4. The summed E-state index contributed by atoms with van der Waals surface area (Å²) in [7, 11) is 0. The van der Waals surface area contributed by atoms with Crippen molar-refractivity contribution in [3.05, 3.63) is 24.0 Å². The highest BCUT2D eigenvalue weighted by Crippen LogP contribution is 2.35. The number of aromatic nitrogens is 3. The molecule has 116 valence electrons. The van der Waals surface area contributed by atoms with Crippen LogP contribution < -0.4 is 10.1 Å². The Morgan fingerprint density at radius 3 is 3.05 bits per heavy atom. The molecule has 3 heterocycles. The number of rotatable bonds is 1. The second-order valence-corrected chi connectivity index (χ2v) is 6.99. The smallest absolute Gasteiger partial charge is 0.164 e. The van der Waals surface area contributed by atoms with Crippen LogP contribution in [0.4, 0.5) is 5.69 Å². The van der Waals surface area contributed by atoms with Crippen molar-refractivity contribution < 1.29 is 4.74 Å². The summed E-state index contributed by atoms with van der Waals surface area (Å²) in [6.07, 6.45) is 3.33. The lowest BCUT2D eigenvalue weighted by Crippen LogP contribution is -2.18. The molecule has 0 radical (unpaired) electrons. The van der Waals surface area contributed by atoms with Gasteiger partial charge in [0.25, 0.3) is 0 Å². The van der Waals surface area contributed by atoms with Gasteiger partial charge in [-0.25, -0.2) is 0 Å². The van der Waals surface area contributed by atoms with Crippen LogP contribution in [0.2, 0.25) is 0 Å². The van der Waals surface area contributed by atoms with Gasteiger partial charge in [0.2, 0.25) is 0 Å². The van der Waals surface area contributed by atoms with Gasteiger partial charge in [-0.1, -0.05) is 13.8 Å². The van der Waals surface area contributed by atoms with Crippen molar-refractivity contribution in [1.82, 2.24) is 14.8 Å². The number of aryl methyl sites for hydroxylation is 1. The maximum Gasteiger partial charge on any atom is 0.164 e. The van der Waals surface area contributed by atoms with Crippen molar-refractivity contribution in [3.63, 3.8) is 0 Å². The van der Waals surface area contributed by atoms with E-state index in [-0.39, 0.29) is 0 Å². The van der Waals surface area contributed by atoms with E-state index in [4.69, 9.17) is 4.74 Å². The minimum Gasteiger partial charge on any atom is -0.490 e. The third kappa shape index (κ3) is 2.34. The van der Waals surface area contributed by atoms with Gasteiger partial charge < -0.3 is 14.6 Å². The topological polar surface area (TPSA) is 52.0 Å². The van der Waals surface area contributed by atoms with Crippen molar-refractivity contribution in [1.29, 1.82) is 0 Å². The predicted octanol–water partition coefficient (Wildman–Crippen LogP) is 3.11. The van der Waals surface area contributed by atoms with Gasteiger partial charge in [-0.15, -0.1) is 10.2 Å². The van der Waals surface area contributed by atoms with E-state index >= 15 is 0 Å². The number of anilines is 1. The third-order valence-electron chi connectivity index (χ3n) is 4.78. The Bertz CT molecular complexity index is 705. The molecule has 2 aromatic rings. The Morgan fingerprint density at radius 2 is 2.14 bits per heavy atom. The molecule has 0 atom stereocenters. The van der Waals surface area contributed by atoms with Crippen LogP contribution in [0.15, 0.2) is 18.2 Å². The predicted molar refractivity (Wildman–Crippen MR) is 86.2 cm³/mol. The van der Waals surface area contributed by atoms with Gasteiger partial charge >= 0.3 is 0 Å². The molecule has 0 saturated carbocycles. The van der Waals surface area contributed by atoms with Crippen LogP contribution in [0.25, 0.3) is 11.4 Å². The number of nitrogens with one attached hydrogen (secondary N) is 1. The Balaban J connectivity index is 1.71. The van der Waals surface area contributed by atoms with E-state index in [9.17, 15) is 0 Å². The zero-order valence-electron chi connectivity index (χ0n) is 13.2. The summed E-state index contributed by atoms with van der Waals surface area (Å²) in [5.41, 5.74) is 2.52. The minimum atomic E-state index is 0.376. The van der Waals surface area contributed by atoms with Crippen molar-refractivity contribution in [2.75, 3.05) is 18.5 Å². The molecule has 0 amide bonds. The molecule has 5 heteroatoms. The quantitative estimate of drug-likeness (QED) is 0.879. The molecule has 0 bridgehead atoms. The fourth-order valence-electron chi connectivity index (χ4n) is 3.23. The number of nitrogens with zero attached hydrogens (tertiary/aromatic N) is 3. The monoisotopic (exact) mass is 298 g/mol. The first-order valence-corrected chi connectivity index (χ1v) is 8.06. The van der Waals surface area contributed by atoms with Crippen molar-refractivity contribution in [3.8, 4) is 17.1 Å². The highest BCUT2D eigenvalue weighted by atomic mass is 16.5. The maximum atomic E-state index is 5.74. The lowest BCUT2D eigenvalue weighted by Gasteiger charge is -2.21. The molecule has 0 aliphatic carbocycles. The summed E-state index contributed by atoms with van der Waals surface area (Å²) in [5.74, 6) is 2.98. The molecule has 0 spiro atoms. The van der Waals surface area contributed by atoms with Crippen LogP contribution in [-0.2, 0) is 13.0 Å². The second kappa shape index (κ2) is 5.00. The average Bonchev–Trinajstić information content (AvgIpc) is 2.87. The molecular weight excluding hydrogens is 276 g/mol. The van der Waals surface area contributed by atoms with Gasteiger partial charge in [0.15, 0.2) is 5.82 Å². The molecule has 0 unspecified atom stereocenters. The van der Waals surface area contributed by atoms with E-state index in [1.165, 1.54) is 6.42 Å². The van der Waals surface area contributed by atoms with Crippen LogP contribution in [0.3, 0.4) is 0 Å². The Morgan fingerprint density at radius 1 is 1.23 bits per heavy atom. The summed E-state index contributed by atoms with van der Waals surface area (Å²) >= 11 is 0. The van der Waals surface area contributed by atoms with Gasteiger partial charge in [0, 0.05) is 25.1 Å². The van der Waals surface area contributed by atoms with Crippen molar-refractivity contribution >= 4 is 5.69 Å². The molecule has 1 N–H and O–H groups in total. The number of hydrogen-bond acceptors (Lipinski definition) is 4. The molecule has 1 aromatic carbocycles. The summed E-state index contributed by atoms with van der Waals surface area (Å²) in [6, 6.07) is 6.26. The molecule has 2 aliphatic heterocycles. The van der Waals surface area contributed by atoms with E-state index < -0.39 is 0 Å². The van der Waals surface area contributed by atoms with Crippen molar-refractivity contribution in [2.24, 2.45) is 5.41 Å². The first-order valence-electron chi connectivity index (χ1n) is 8.06. The lowest BCUT2D eigenvalue weighted by atomic mass is 9.85. The number of fused-ring (bicyclic) bond motifs is 2. The Labute approximate surface area is 130 Å². The third-order valence-corrected chi connectivity index (χ3v) is 4.78. The molecule has 0 fully saturated rings. The summed E-state index contributed by atoms with van der Waals surface area (Å²) in [6.45, 7) is 7.24. The number of benzene rings is 1. The molecule has 5 nitrogen and oxygen atoms in total. The first-order chi connectivity index (χ1) is 10.6. The van der Waals surface area contributed by atoms with Gasteiger partial charge in [-0.3, -0.25) is 0 Å². The average molecular weight is 298 g/mol. The molecule has 1 aromatic heterocycles. The van der Waals surface area contributed by atoms with Crippen LogP contribution in [0.1, 0.15) is 32.5 Å². The maximum absolute atomic E-state index is 5.74. The molecule has 2 aliphatic rings. The highest BCUT2D eigenvalue weighted by Gasteiger charge is 2.26. The largest absolute Gasteiger partial charge is 0.490 e. The fraction of sp³-hybridized carbons (Fsp3) is 0.529. The van der Waals surface area contributed by atoms with Crippen LogP contribution in [-0.4, -0.2) is 27.9 Å². The summed E-state index contributed by atoms with van der Waals surface area (Å²) in [5, 5.41) is 12.2. The van der Waals surface area contributed by atoms with Crippen LogP contribution in [0, 0.1) is 5.41 Å². The van der Waals surface area contributed by atoms with E-state index in [0.29, 0.717) is 12.0 Å². The standard InChI is InChI=1S/C17H22N4O/c1-17(2)6-5-15-19-20-16(21(15)9-7-17)12-3-4-13-14(11-12)22-10-8-18-13/h3-4,11,18H,5-10H2,1-2H3. The summed E-state index contributed by atoms with van der Waals surface area (Å²) in [4.78, 5) is 0. The minimum absolute atomic E-state index is 0.376. The van der Waals surface area contributed by atoms with E-state index in [0.717, 1.165) is 54.6 Å². The Hall–Kier alpha value is -2.04. The summed E-state index contributed by atoms with van der Waals surface area (Å²) < 4.78 is 8.03. The molecule has 4 rings (SSSR count). The second-order valence-electron chi connectivity index (χ2n) is 6.99. The lowest BCUT2D eigenvalue weighted by molar-refractivity contribution is 0.307. The van der Waals surface area contributed by atoms with Gasteiger partial charge in [0.1, 0.15) is 18.2 Å². The van der Waals surface area contributed by atoms with Crippen molar-refractivity contribution in [2.45, 2.75) is 39.7 Å². The molecule has 22 heavy (non-hydrogen) atoms. The number of hydrogen-bond donors (Lipinski definition) is 1. The molecule has 0 saturated heterocycles. The fourth-order valence-corrected chi connectivity index (χ4v) is 3.23. The van der Waals surface area contributed by atoms with E-state index in [1.807, 2.05) is 0 Å². The van der Waals surface area contributed by atoms with Crippen LogP contribution >= 0.6 is 0 Å². The molecular formula is C17H22N4O. The van der Waals surface area contributed by atoms with E-state index in [2.05, 4.69) is 52.1 Å².